The summed E-state index contributed by atoms with van der Waals surface area (Å²) in [6.07, 6.45) is 8.31. The van der Waals surface area contributed by atoms with Crippen molar-refractivity contribution in [2.75, 3.05) is 0 Å². The van der Waals surface area contributed by atoms with E-state index in [9.17, 15) is 29.1 Å². The fraction of sp³-hybridized carbons (Fsp3) is 0. The summed E-state index contributed by atoms with van der Waals surface area (Å²) >= 11 is 0. The fourth-order valence-corrected chi connectivity index (χ4v) is 2.40. The number of H-pyrrole nitrogens is 2. The number of urea groups is 1. The van der Waals surface area contributed by atoms with E-state index in [-0.39, 0.29) is 11.1 Å². The molecule has 1 aliphatic rings. The van der Waals surface area contributed by atoms with Crippen LogP contribution in [0.3, 0.4) is 0 Å². The predicted octanol–water partition coefficient (Wildman–Crippen LogP) is -0.447. The normalized spacial score (nSPS) is 14.7. The molecule has 0 saturated carbocycles. The number of aromatic nitrogens is 3. The monoisotopic (exact) mass is 395 g/mol. The van der Waals surface area contributed by atoms with E-state index in [4.69, 9.17) is 0 Å². The van der Waals surface area contributed by atoms with Gasteiger partial charge >= 0.3 is 11.7 Å². The third kappa shape index (κ3) is 4.42. The molecular weight excluding hydrogens is 382 g/mol. The van der Waals surface area contributed by atoms with E-state index in [1.165, 1.54) is 36.7 Å². The van der Waals surface area contributed by atoms with Crippen LogP contribution in [0.2, 0.25) is 0 Å². The molecule has 146 valence electrons. The van der Waals surface area contributed by atoms with Crippen molar-refractivity contribution >= 4 is 29.5 Å². The lowest BCUT2D eigenvalue weighted by Crippen LogP contribution is -2.51. The Kier molecular flexibility index (Phi) is 5.30. The maximum atomic E-state index is 11.9. The summed E-state index contributed by atoms with van der Waals surface area (Å²) in [4.78, 5) is 65.8. The molecule has 0 atom stereocenters. The topological polar surface area (TPSA) is 174 Å². The summed E-state index contributed by atoms with van der Waals surface area (Å²) in [6.45, 7) is 0. The number of aromatic amines is 2. The van der Waals surface area contributed by atoms with Crippen LogP contribution >= 0.6 is 0 Å². The van der Waals surface area contributed by atoms with Gasteiger partial charge < -0.3 is 5.11 Å². The van der Waals surface area contributed by atoms with Crippen molar-refractivity contribution in [2.24, 2.45) is 0 Å². The third-order valence-corrected chi connectivity index (χ3v) is 3.77. The Morgan fingerprint density at radius 2 is 1.62 bits per heavy atom. The summed E-state index contributed by atoms with van der Waals surface area (Å²) < 4.78 is 0. The Morgan fingerprint density at radius 3 is 2.24 bits per heavy atom. The highest BCUT2D eigenvalue weighted by Gasteiger charge is 2.27. The minimum Gasteiger partial charge on any atom is -0.494 e. The van der Waals surface area contributed by atoms with Crippen LogP contribution in [-0.2, 0) is 9.59 Å². The first kappa shape index (κ1) is 19.2. The molecule has 2 aromatic rings. The molecule has 29 heavy (non-hydrogen) atoms. The number of hydrogen-bond acceptors (Lipinski definition) is 7. The lowest BCUT2D eigenvalue weighted by atomic mass is 10.0. The van der Waals surface area contributed by atoms with Crippen LogP contribution in [0.1, 0.15) is 11.1 Å². The number of nitrogens with zero attached hydrogens (tertiary/aromatic N) is 1. The molecule has 4 amide bonds. The Morgan fingerprint density at radius 1 is 0.966 bits per heavy atom. The van der Waals surface area contributed by atoms with Gasteiger partial charge in [0.05, 0.1) is 5.56 Å². The summed E-state index contributed by atoms with van der Waals surface area (Å²) in [6, 6.07) is 2.36. The molecule has 11 nitrogen and oxygen atoms in total. The third-order valence-electron chi connectivity index (χ3n) is 3.77. The first-order chi connectivity index (χ1) is 13.8. The van der Waals surface area contributed by atoms with Gasteiger partial charge in [-0.2, -0.15) is 0 Å². The van der Waals surface area contributed by atoms with Crippen molar-refractivity contribution in [3.05, 3.63) is 80.3 Å². The SMILES string of the molecule is O=C1NC(=O)C(=CC=C(C=Cc2c(O)[nH]c(=O)[nH]c2=O)c2ccncc2)C(=O)N1. The number of hydrogen-bond donors (Lipinski definition) is 5. The van der Waals surface area contributed by atoms with E-state index in [1.54, 1.807) is 12.1 Å². The van der Waals surface area contributed by atoms with Gasteiger partial charge in [-0.1, -0.05) is 12.2 Å². The Balaban J connectivity index is 2.04. The van der Waals surface area contributed by atoms with Gasteiger partial charge in [-0.3, -0.25) is 40.0 Å². The first-order valence-electron chi connectivity index (χ1n) is 8.08. The van der Waals surface area contributed by atoms with Gasteiger partial charge in [0.2, 0.25) is 5.88 Å². The van der Waals surface area contributed by atoms with Gasteiger partial charge in [0.1, 0.15) is 5.57 Å². The number of amides is 4. The van der Waals surface area contributed by atoms with Crippen molar-refractivity contribution in [1.29, 1.82) is 0 Å². The fourth-order valence-electron chi connectivity index (χ4n) is 2.40. The lowest BCUT2D eigenvalue weighted by molar-refractivity contribution is -0.124. The number of carbonyl (C=O) groups excluding carboxylic acids is 3. The quantitative estimate of drug-likeness (QED) is 0.265. The second-order valence-corrected chi connectivity index (χ2v) is 5.68. The molecule has 0 unspecified atom stereocenters. The number of carbonyl (C=O) groups is 3. The summed E-state index contributed by atoms with van der Waals surface area (Å²) in [5.74, 6) is -2.34. The Bertz CT molecular complexity index is 1180. The molecule has 0 aliphatic carbocycles. The van der Waals surface area contributed by atoms with Gasteiger partial charge in [0.25, 0.3) is 17.4 Å². The Hall–Kier alpha value is -4.54. The Labute approximate surface area is 161 Å². The zero-order valence-electron chi connectivity index (χ0n) is 14.6. The number of nitrogens with one attached hydrogen (secondary N) is 4. The molecule has 0 bridgehead atoms. The molecule has 0 aromatic carbocycles. The molecule has 1 saturated heterocycles. The van der Waals surface area contributed by atoms with Crippen molar-refractivity contribution in [3.8, 4) is 5.88 Å². The molecular formula is C18H13N5O6. The van der Waals surface area contributed by atoms with Crippen LogP contribution in [0.4, 0.5) is 4.79 Å². The van der Waals surface area contributed by atoms with E-state index in [0.717, 1.165) is 0 Å². The van der Waals surface area contributed by atoms with Crippen molar-refractivity contribution < 1.29 is 19.5 Å². The van der Waals surface area contributed by atoms with Gasteiger partial charge in [-0.25, -0.2) is 9.59 Å². The largest absolute Gasteiger partial charge is 0.494 e. The van der Waals surface area contributed by atoms with Crippen LogP contribution in [0.5, 0.6) is 5.88 Å². The number of allylic oxidation sites excluding steroid dienone is 4. The molecule has 0 spiro atoms. The van der Waals surface area contributed by atoms with Crippen LogP contribution < -0.4 is 21.9 Å². The average molecular weight is 395 g/mol. The molecule has 5 N–H and O–H groups in total. The van der Waals surface area contributed by atoms with Gasteiger partial charge in [0.15, 0.2) is 0 Å². The number of rotatable bonds is 4. The molecule has 1 fully saturated rings. The van der Waals surface area contributed by atoms with E-state index in [2.05, 4.69) is 9.97 Å². The summed E-state index contributed by atoms with van der Waals surface area (Å²) in [5.41, 5.74) is -1.11. The van der Waals surface area contributed by atoms with Gasteiger partial charge in [0, 0.05) is 12.4 Å². The zero-order valence-corrected chi connectivity index (χ0v) is 14.6. The highest BCUT2D eigenvalue weighted by molar-refractivity contribution is 6.29. The maximum Gasteiger partial charge on any atom is 0.328 e. The minimum atomic E-state index is -0.914. The van der Waals surface area contributed by atoms with Crippen LogP contribution in [-0.4, -0.2) is 37.9 Å². The van der Waals surface area contributed by atoms with Crippen LogP contribution in [0.25, 0.3) is 11.6 Å². The molecule has 1 aliphatic heterocycles. The van der Waals surface area contributed by atoms with Crippen molar-refractivity contribution in [3.63, 3.8) is 0 Å². The van der Waals surface area contributed by atoms with Gasteiger partial charge in [-0.05, 0) is 35.4 Å². The number of aromatic hydroxyl groups is 1. The minimum absolute atomic E-state index is 0.198. The number of barbiturate groups is 1. The molecule has 3 rings (SSSR count). The van der Waals surface area contributed by atoms with Crippen LogP contribution in [0.15, 0.2) is 57.9 Å². The van der Waals surface area contributed by atoms with E-state index < -0.39 is 35.0 Å². The molecule has 3 heterocycles. The standard InChI is InChI=1S/C18H13N5O6/c24-13-11(14(25)21-17(28)20-13)3-1-9(10-5-7-19-8-6-10)2-4-12-15(26)22-18(29)23-16(12)27/h1-8H,(H2,20,21,24,25,28)(H3,22,23,26,27,29). The van der Waals surface area contributed by atoms with Crippen molar-refractivity contribution in [2.45, 2.75) is 0 Å². The maximum absolute atomic E-state index is 11.9. The summed E-state index contributed by atoms with van der Waals surface area (Å²) in [5, 5.41) is 13.7. The molecule has 11 heteroatoms. The number of imide groups is 2. The van der Waals surface area contributed by atoms with E-state index >= 15 is 0 Å². The predicted molar refractivity (Wildman–Crippen MR) is 100 cm³/mol. The average Bonchev–Trinajstić information content (AvgIpc) is 2.65. The zero-order chi connectivity index (χ0) is 21.0. The van der Waals surface area contributed by atoms with Crippen LogP contribution in [0, 0.1) is 0 Å². The van der Waals surface area contributed by atoms with Gasteiger partial charge in [-0.15, -0.1) is 0 Å². The smallest absolute Gasteiger partial charge is 0.328 e. The molecule has 2 aromatic heterocycles. The second-order valence-electron chi connectivity index (χ2n) is 5.68. The number of pyridine rings is 1. The summed E-state index contributed by atoms with van der Waals surface area (Å²) in [7, 11) is 0. The highest BCUT2D eigenvalue weighted by Crippen LogP contribution is 2.18. The van der Waals surface area contributed by atoms with Crippen molar-refractivity contribution in [1.82, 2.24) is 25.6 Å². The lowest BCUT2D eigenvalue weighted by Gasteiger charge is -2.13. The van der Waals surface area contributed by atoms with E-state index in [0.29, 0.717) is 11.1 Å². The molecule has 0 radical (unpaired) electrons. The second kappa shape index (κ2) is 8.00. The first-order valence-corrected chi connectivity index (χ1v) is 8.08. The highest BCUT2D eigenvalue weighted by atomic mass is 16.3. The van der Waals surface area contributed by atoms with E-state index in [1.807, 2.05) is 15.6 Å².